The van der Waals surface area contributed by atoms with Crippen molar-refractivity contribution in [2.75, 3.05) is 11.4 Å². The Labute approximate surface area is 103 Å². The van der Waals surface area contributed by atoms with Crippen molar-refractivity contribution in [3.05, 3.63) is 27.7 Å². The van der Waals surface area contributed by atoms with Crippen LogP contribution in [0.25, 0.3) is 0 Å². The lowest BCUT2D eigenvalue weighted by molar-refractivity contribution is -0.114. The van der Waals surface area contributed by atoms with Gasteiger partial charge in [0.25, 0.3) is 11.7 Å². The third-order valence-corrected chi connectivity index (χ3v) is 2.94. The van der Waals surface area contributed by atoms with Crippen LogP contribution < -0.4 is 4.90 Å². The van der Waals surface area contributed by atoms with Gasteiger partial charge in [-0.3, -0.25) is 9.59 Å². The Balaban J connectivity index is 2.60. The van der Waals surface area contributed by atoms with Gasteiger partial charge >= 0.3 is 0 Å². The normalized spacial score (nSPS) is 14.6. The molecular weight excluding hydrogens is 249 g/mol. The number of anilines is 1. The van der Waals surface area contributed by atoms with Crippen LogP contribution in [0.5, 0.6) is 0 Å². The molecule has 5 heteroatoms. The maximum absolute atomic E-state index is 11.7. The second-order valence-electron chi connectivity index (χ2n) is 3.57. The van der Waals surface area contributed by atoms with Gasteiger partial charge in [-0.1, -0.05) is 30.1 Å². The zero-order valence-electron chi connectivity index (χ0n) is 8.59. The number of amides is 1. The van der Waals surface area contributed by atoms with E-state index in [0.717, 1.165) is 6.42 Å². The molecule has 0 saturated heterocycles. The van der Waals surface area contributed by atoms with E-state index in [2.05, 4.69) is 0 Å². The molecule has 0 saturated carbocycles. The van der Waals surface area contributed by atoms with Gasteiger partial charge in [0.05, 0.1) is 16.3 Å². The van der Waals surface area contributed by atoms with E-state index >= 15 is 0 Å². The summed E-state index contributed by atoms with van der Waals surface area (Å²) >= 11 is 11.8. The van der Waals surface area contributed by atoms with E-state index < -0.39 is 11.7 Å². The zero-order chi connectivity index (χ0) is 11.9. The van der Waals surface area contributed by atoms with Crippen LogP contribution in [0.15, 0.2) is 12.1 Å². The quantitative estimate of drug-likeness (QED) is 0.765. The summed E-state index contributed by atoms with van der Waals surface area (Å²) < 4.78 is 0. The summed E-state index contributed by atoms with van der Waals surface area (Å²) in [5, 5.41) is 0.707. The molecular formula is C11H9Cl2NO2. The summed E-state index contributed by atoms with van der Waals surface area (Å²) in [6.07, 6.45) is 0.761. The molecule has 3 nitrogen and oxygen atoms in total. The van der Waals surface area contributed by atoms with Crippen LogP contribution in [-0.4, -0.2) is 18.2 Å². The number of carbonyl (C=O) groups excluding carboxylic acids is 2. The second kappa shape index (κ2) is 4.07. The van der Waals surface area contributed by atoms with Gasteiger partial charge in [0, 0.05) is 11.6 Å². The van der Waals surface area contributed by atoms with Crippen LogP contribution in [0.4, 0.5) is 5.69 Å². The fourth-order valence-electron chi connectivity index (χ4n) is 1.79. The Morgan fingerprint density at radius 2 is 1.94 bits per heavy atom. The van der Waals surface area contributed by atoms with Gasteiger partial charge in [0.2, 0.25) is 0 Å². The fourth-order valence-corrected chi connectivity index (χ4v) is 2.39. The largest absolute Gasteiger partial charge is 0.303 e. The van der Waals surface area contributed by atoms with Gasteiger partial charge in [-0.15, -0.1) is 0 Å². The molecule has 1 aromatic carbocycles. The molecule has 1 aliphatic heterocycles. The highest BCUT2D eigenvalue weighted by atomic mass is 35.5. The number of benzene rings is 1. The smallest absolute Gasteiger partial charge is 0.299 e. The van der Waals surface area contributed by atoms with Crippen molar-refractivity contribution < 1.29 is 9.59 Å². The third kappa shape index (κ3) is 1.60. The Morgan fingerprint density at radius 3 is 2.56 bits per heavy atom. The first-order valence-electron chi connectivity index (χ1n) is 4.91. The number of halogens is 2. The molecule has 0 aliphatic carbocycles. The van der Waals surface area contributed by atoms with Gasteiger partial charge in [-0.25, -0.2) is 0 Å². The molecule has 0 spiro atoms. The van der Waals surface area contributed by atoms with Crippen LogP contribution in [-0.2, 0) is 4.79 Å². The third-order valence-electron chi connectivity index (χ3n) is 2.43. The van der Waals surface area contributed by atoms with E-state index in [9.17, 15) is 9.59 Å². The number of ketones is 1. The summed E-state index contributed by atoms with van der Waals surface area (Å²) in [4.78, 5) is 24.8. The van der Waals surface area contributed by atoms with Gasteiger partial charge < -0.3 is 4.90 Å². The zero-order valence-corrected chi connectivity index (χ0v) is 10.1. The molecule has 2 rings (SSSR count). The van der Waals surface area contributed by atoms with Crippen LogP contribution in [0.3, 0.4) is 0 Å². The molecule has 0 atom stereocenters. The molecule has 1 aromatic rings. The highest BCUT2D eigenvalue weighted by Crippen LogP contribution is 2.38. The second-order valence-corrected chi connectivity index (χ2v) is 4.41. The predicted octanol–water partition coefficient (Wildman–Crippen LogP) is 2.93. The van der Waals surface area contributed by atoms with E-state index in [1.54, 1.807) is 0 Å². The van der Waals surface area contributed by atoms with Gasteiger partial charge in [-0.05, 0) is 18.6 Å². The first-order chi connectivity index (χ1) is 7.56. The molecule has 0 bridgehead atoms. The maximum atomic E-state index is 11.7. The van der Waals surface area contributed by atoms with Crippen molar-refractivity contribution in [3.63, 3.8) is 0 Å². The summed E-state index contributed by atoms with van der Waals surface area (Å²) in [6.45, 7) is 2.42. The van der Waals surface area contributed by atoms with Crippen LogP contribution in [0, 0.1) is 0 Å². The van der Waals surface area contributed by atoms with E-state index in [4.69, 9.17) is 23.2 Å². The number of nitrogens with zero attached hydrogens (tertiary/aromatic N) is 1. The molecule has 16 heavy (non-hydrogen) atoms. The summed E-state index contributed by atoms with van der Waals surface area (Å²) in [7, 11) is 0. The number of Topliss-reactive ketones (excluding diaryl/α,β-unsaturated/α-hetero) is 1. The number of hydrogen-bond donors (Lipinski definition) is 0. The lowest BCUT2D eigenvalue weighted by Crippen LogP contribution is -2.30. The van der Waals surface area contributed by atoms with Crippen LogP contribution in [0.2, 0.25) is 10.0 Å². The van der Waals surface area contributed by atoms with Crippen LogP contribution in [0.1, 0.15) is 23.7 Å². The van der Waals surface area contributed by atoms with Crippen molar-refractivity contribution in [1.29, 1.82) is 0 Å². The maximum Gasteiger partial charge on any atom is 0.299 e. The Hall–Kier alpha value is -1.06. The standard InChI is InChI=1S/C11H9Cl2NO2/c1-2-3-14-9-7(10(15)11(14)16)4-6(12)5-8(9)13/h4-5H,2-3H2,1H3. The van der Waals surface area contributed by atoms with Gasteiger partial charge in [0.15, 0.2) is 0 Å². The number of fused-ring (bicyclic) bond motifs is 1. The molecule has 0 fully saturated rings. The van der Waals surface area contributed by atoms with E-state index in [1.165, 1.54) is 17.0 Å². The molecule has 1 heterocycles. The van der Waals surface area contributed by atoms with Gasteiger partial charge in [0.1, 0.15) is 0 Å². The molecule has 0 unspecified atom stereocenters. The number of hydrogen-bond acceptors (Lipinski definition) is 2. The predicted molar refractivity (Wildman–Crippen MR) is 63.4 cm³/mol. The van der Waals surface area contributed by atoms with Crippen molar-refractivity contribution in [3.8, 4) is 0 Å². The highest BCUT2D eigenvalue weighted by molar-refractivity contribution is 6.54. The Morgan fingerprint density at radius 1 is 1.25 bits per heavy atom. The Kier molecular flexibility index (Phi) is 2.91. The molecule has 0 aromatic heterocycles. The first-order valence-corrected chi connectivity index (χ1v) is 5.67. The fraction of sp³-hybridized carbons (Fsp3) is 0.273. The summed E-state index contributed by atoms with van der Waals surface area (Å²) in [5.41, 5.74) is 0.791. The molecule has 1 amide bonds. The average molecular weight is 258 g/mol. The minimum absolute atomic E-state index is 0.302. The topological polar surface area (TPSA) is 37.4 Å². The van der Waals surface area contributed by atoms with Crippen molar-refractivity contribution in [2.45, 2.75) is 13.3 Å². The molecule has 0 radical (unpaired) electrons. The van der Waals surface area contributed by atoms with Gasteiger partial charge in [-0.2, -0.15) is 0 Å². The van der Waals surface area contributed by atoms with E-state index in [0.29, 0.717) is 27.8 Å². The van der Waals surface area contributed by atoms with Crippen molar-refractivity contribution >= 4 is 40.6 Å². The summed E-state index contributed by atoms with van der Waals surface area (Å²) in [6, 6.07) is 3.02. The average Bonchev–Trinajstić information content (AvgIpc) is 2.44. The van der Waals surface area contributed by atoms with E-state index in [1.807, 2.05) is 6.92 Å². The Bertz CT molecular complexity index is 485. The summed E-state index contributed by atoms with van der Waals surface area (Å²) in [5.74, 6) is -1.06. The molecule has 1 aliphatic rings. The number of carbonyl (C=O) groups is 2. The lowest BCUT2D eigenvalue weighted by atomic mass is 10.1. The highest BCUT2D eigenvalue weighted by Gasteiger charge is 2.37. The van der Waals surface area contributed by atoms with Crippen molar-refractivity contribution in [1.82, 2.24) is 0 Å². The van der Waals surface area contributed by atoms with Crippen molar-refractivity contribution in [2.24, 2.45) is 0 Å². The van der Waals surface area contributed by atoms with Crippen LogP contribution >= 0.6 is 23.2 Å². The lowest BCUT2D eigenvalue weighted by Gasteiger charge is -2.16. The van der Waals surface area contributed by atoms with E-state index in [-0.39, 0.29) is 0 Å². The first kappa shape index (κ1) is 11.4. The SMILES string of the molecule is CCCN1C(=O)C(=O)c2cc(Cl)cc(Cl)c21. The molecule has 0 N–H and O–H groups in total. The molecule has 84 valence electrons. The minimum Gasteiger partial charge on any atom is -0.303 e. The minimum atomic E-state index is -0.534. The number of rotatable bonds is 2. The monoisotopic (exact) mass is 257 g/mol.